The van der Waals surface area contributed by atoms with Gasteiger partial charge in [-0.2, -0.15) is 0 Å². The number of nitro groups is 1. The Hall–Kier alpha value is -2.81. The second-order valence-electron chi connectivity index (χ2n) is 5.52. The van der Waals surface area contributed by atoms with E-state index in [0.29, 0.717) is 17.0 Å². The van der Waals surface area contributed by atoms with E-state index in [2.05, 4.69) is 10.3 Å². The van der Waals surface area contributed by atoms with Crippen LogP contribution in [-0.4, -0.2) is 32.9 Å². The number of nitrogens with one attached hydrogen (secondary N) is 1. The Morgan fingerprint density at radius 1 is 1.44 bits per heavy atom. The Morgan fingerprint density at radius 3 is 2.76 bits per heavy atom. The first-order valence-electron chi connectivity index (χ1n) is 7.57. The van der Waals surface area contributed by atoms with Gasteiger partial charge in [0.1, 0.15) is 16.7 Å². The van der Waals surface area contributed by atoms with Crippen LogP contribution in [0.15, 0.2) is 29.6 Å². The van der Waals surface area contributed by atoms with Crippen molar-refractivity contribution in [2.45, 2.75) is 26.3 Å². The third kappa shape index (κ3) is 4.38. The van der Waals surface area contributed by atoms with Crippen molar-refractivity contribution < 1.29 is 19.6 Å². The number of nitro benzene ring substituents is 1. The zero-order valence-corrected chi connectivity index (χ0v) is 14.4. The van der Waals surface area contributed by atoms with Crippen molar-refractivity contribution >= 4 is 28.9 Å². The molecule has 132 valence electrons. The average Bonchev–Trinajstić information content (AvgIpc) is 3.08. The molecule has 2 aromatic rings. The number of thiazole rings is 1. The minimum Gasteiger partial charge on any atom is -0.480 e. The second-order valence-corrected chi connectivity index (χ2v) is 6.38. The summed E-state index contributed by atoms with van der Waals surface area (Å²) in [5.41, 5.74) is 0.539. The summed E-state index contributed by atoms with van der Waals surface area (Å²) in [6.07, 6.45) is 0.604. The summed E-state index contributed by atoms with van der Waals surface area (Å²) in [5.74, 6) is -1.91. The molecular formula is C16H17N3O5S. The van der Waals surface area contributed by atoms with Crippen LogP contribution in [0.25, 0.3) is 10.6 Å². The minimum absolute atomic E-state index is 0.0681. The van der Waals surface area contributed by atoms with Crippen molar-refractivity contribution in [3.05, 3.63) is 45.5 Å². The molecule has 1 aromatic carbocycles. The quantitative estimate of drug-likeness (QED) is 0.576. The highest BCUT2D eigenvalue weighted by atomic mass is 32.1. The molecule has 0 aliphatic heterocycles. The van der Waals surface area contributed by atoms with Crippen molar-refractivity contribution in [1.29, 1.82) is 0 Å². The highest BCUT2D eigenvalue weighted by molar-refractivity contribution is 7.13. The molecule has 2 rings (SSSR count). The predicted octanol–water partition coefficient (Wildman–Crippen LogP) is 2.95. The summed E-state index contributed by atoms with van der Waals surface area (Å²) in [4.78, 5) is 38.1. The standard InChI is InChI=1S/C16H17N3O5S/c1-3-9(2)13(16(21)22)18-14(20)12-8-25-15(17-12)10-5-4-6-11(7-10)19(23)24/h4-9,13H,3H2,1-2H3,(H,18,20)(H,21,22)/t9-,13-/m0/s1. The van der Waals surface area contributed by atoms with Gasteiger partial charge in [0, 0.05) is 23.1 Å². The number of carbonyl (C=O) groups is 2. The van der Waals surface area contributed by atoms with Gasteiger partial charge < -0.3 is 10.4 Å². The van der Waals surface area contributed by atoms with Crippen LogP contribution >= 0.6 is 11.3 Å². The number of aliphatic carboxylic acids is 1. The molecule has 0 unspecified atom stereocenters. The zero-order valence-electron chi connectivity index (χ0n) is 13.6. The van der Waals surface area contributed by atoms with E-state index in [1.54, 1.807) is 13.0 Å². The average molecular weight is 363 g/mol. The fourth-order valence-electron chi connectivity index (χ4n) is 2.16. The molecule has 1 aromatic heterocycles. The van der Waals surface area contributed by atoms with Gasteiger partial charge in [0.15, 0.2) is 0 Å². The molecule has 0 saturated carbocycles. The van der Waals surface area contributed by atoms with Gasteiger partial charge in [-0.05, 0) is 5.92 Å². The lowest BCUT2D eigenvalue weighted by Crippen LogP contribution is -2.45. The maximum Gasteiger partial charge on any atom is 0.326 e. The minimum atomic E-state index is -1.10. The lowest BCUT2D eigenvalue weighted by Gasteiger charge is -2.19. The molecular weight excluding hydrogens is 346 g/mol. The lowest BCUT2D eigenvalue weighted by molar-refractivity contribution is -0.384. The van der Waals surface area contributed by atoms with Gasteiger partial charge in [0.25, 0.3) is 11.6 Å². The Morgan fingerprint density at radius 2 is 2.16 bits per heavy atom. The number of nitrogens with zero attached hydrogens (tertiary/aromatic N) is 2. The highest BCUT2D eigenvalue weighted by Gasteiger charge is 2.26. The van der Waals surface area contributed by atoms with Gasteiger partial charge in [0.05, 0.1) is 4.92 Å². The summed E-state index contributed by atoms with van der Waals surface area (Å²) in [6, 6.07) is 4.94. The Kier molecular flexibility index (Phi) is 5.81. The molecule has 1 amide bonds. The summed E-state index contributed by atoms with van der Waals surface area (Å²) in [7, 11) is 0. The molecule has 8 nitrogen and oxygen atoms in total. The summed E-state index contributed by atoms with van der Waals surface area (Å²) in [5, 5.41) is 24.5. The summed E-state index contributed by atoms with van der Waals surface area (Å²) >= 11 is 1.16. The van der Waals surface area contributed by atoms with Gasteiger partial charge in [-0.1, -0.05) is 32.4 Å². The first-order valence-corrected chi connectivity index (χ1v) is 8.45. The monoisotopic (exact) mass is 363 g/mol. The molecule has 0 aliphatic rings. The largest absolute Gasteiger partial charge is 0.480 e. The highest BCUT2D eigenvalue weighted by Crippen LogP contribution is 2.27. The Labute approximate surface area is 147 Å². The number of amides is 1. The van der Waals surface area contributed by atoms with E-state index < -0.39 is 22.8 Å². The van der Waals surface area contributed by atoms with E-state index in [1.165, 1.54) is 23.6 Å². The van der Waals surface area contributed by atoms with E-state index >= 15 is 0 Å². The summed E-state index contributed by atoms with van der Waals surface area (Å²) in [6.45, 7) is 3.59. The van der Waals surface area contributed by atoms with Gasteiger partial charge in [-0.25, -0.2) is 9.78 Å². The topological polar surface area (TPSA) is 122 Å². The Bertz CT molecular complexity index is 805. The number of carbonyl (C=O) groups excluding carboxylic acids is 1. The molecule has 0 radical (unpaired) electrons. The van der Waals surface area contributed by atoms with Crippen LogP contribution in [-0.2, 0) is 4.79 Å². The van der Waals surface area contributed by atoms with Crippen LogP contribution in [0.5, 0.6) is 0 Å². The van der Waals surface area contributed by atoms with E-state index in [0.717, 1.165) is 11.3 Å². The number of hydrogen-bond acceptors (Lipinski definition) is 6. The smallest absolute Gasteiger partial charge is 0.326 e. The SMILES string of the molecule is CC[C@H](C)[C@H](NC(=O)c1csc(-c2cccc([N+](=O)[O-])c2)n1)C(=O)O. The molecule has 0 saturated heterocycles. The number of aromatic nitrogens is 1. The van der Waals surface area contributed by atoms with Gasteiger partial charge >= 0.3 is 5.97 Å². The second kappa shape index (κ2) is 7.84. The van der Waals surface area contributed by atoms with Crippen molar-refractivity contribution in [2.75, 3.05) is 0 Å². The first-order chi connectivity index (χ1) is 11.8. The number of carboxylic acid groups (broad SMARTS) is 1. The molecule has 0 fully saturated rings. The third-order valence-electron chi connectivity index (χ3n) is 3.81. The molecule has 2 N–H and O–H groups in total. The molecule has 0 bridgehead atoms. The number of non-ortho nitro benzene ring substituents is 1. The van der Waals surface area contributed by atoms with Crippen molar-refractivity contribution in [3.63, 3.8) is 0 Å². The van der Waals surface area contributed by atoms with Crippen LogP contribution in [0.4, 0.5) is 5.69 Å². The van der Waals surface area contributed by atoms with Gasteiger partial charge in [-0.15, -0.1) is 11.3 Å². The van der Waals surface area contributed by atoms with Crippen molar-refractivity contribution in [2.24, 2.45) is 5.92 Å². The van der Waals surface area contributed by atoms with Crippen LogP contribution in [0.1, 0.15) is 30.8 Å². The number of hydrogen-bond donors (Lipinski definition) is 2. The molecule has 9 heteroatoms. The fourth-order valence-corrected chi connectivity index (χ4v) is 2.96. The summed E-state index contributed by atoms with van der Waals surface area (Å²) < 4.78 is 0. The Balaban J connectivity index is 2.20. The van der Waals surface area contributed by atoms with Crippen molar-refractivity contribution in [3.8, 4) is 10.6 Å². The van der Waals surface area contributed by atoms with Crippen LogP contribution in [0.2, 0.25) is 0 Å². The van der Waals surface area contributed by atoms with Crippen LogP contribution < -0.4 is 5.32 Å². The number of rotatable bonds is 7. The normalized spacial score (nSPS) is 13.0. The van der Waals surface area contributed by atoms with Crippen molar-refractivity contribution in [1.82, 2.24) is 10.3 Å². The van der Waals surface area contributed by atoms with Crippen LogP contribution in [0, 0.1) is 16.0 Å². The zero-order chi connectivity index (χ0) is 18.6. The fraction of sp³-hybridized carbons (Fsp3) is 0.312. The number of carboxylic acids is 1. The maximum atomic E-state index is 12.3. The molecule has 0 spiro atoms. The van der Waals surface area contributed by atoms with E-state index in [-0.39, 0.29) is 17.3 Å². The lowest BCUT2D eigenvalue weighted by atomic mass is 9.99. The van der Waals surface area contributed by atoms with Gasteiger partial charge in [0.2, 0.25) is 0 Å². The molecule has 25 heavy (non-hydrogen) atoms. The maximum absolute atomic E-state index is 12.3. The van der Waals surface area contributed by atoms with E-state index in [4.69, 9.17) is 0 Å². The molecule has 0 aliphatic carbocycles. The van der Waals surface area contributed by atoms with Crippen LogP contribution in [0.3, 0.4) is 0 Å². The predicted molar refractivity (Wildman–Crippen MR) is 92.5 cm³/mol. The van der Waals surface area contributed by atoms with E-state index in [1.807, 2.05) is 6.92 Å². The third-order valence-corrected chi connectivity index (χ3v) is 4.70. The molecule has 1 heterocycles. The van der Waals surface area contributed by atoms with Gasteiger partial charge in [-0.3, -0.25) is 14.9 Å². The van der Waals surface area contributed by atoms with E-state index in [9.17, 15) is 24.8 Å². The first kappa shape index (κ1) is 18.5. The molecule has 2 atom stereocenters. The number of benzene rings is 1.